The number of benzene rings is 1. The highest BCUT2D eigenvalue weighted by Gasteiger charge is 2.39. The summed E-state index contributed by atoms with van der Waals surface area (Å²) in [7, 11) is 0. The Bertz CT molecular complexity index is 335. The molecule has 1 aromatic rings. The summed E-state index contributed by atoms with van der Waals surface area (Å²) in [6.07, 6.45) is -4.54. The van der Waals surface area contributed by atoms with Crippen molar-refractivity contribution in [3.8, 4) is 5.75 Å². The summed E-state index contributed by atoms with van der Waals surface area (Å²) in [4.78, 5) is 0. The minimum Gasteiger partial charge on any atom is -0.508 e. The summed E-state index contributed by atoms with van der Waals surface area (Å²) in [5.41, 5.74) is 5.29. The second-order valence-corrected chi connectivity index (χ2v) is 3.08. The molecule has 14 heavy (non-hydrogen) atoms. The first-order valence-corrected chi connectivity index (χ1v) is 3.94. The van der Waals surface area contributed by atoms with Crippen LogP contribution in [-0.2, 0) is 0 Å². The fourth-order valence-electron chi connectivity index (χ4n) is 1.10. The van der Waals surface area contributed by atoms with Crippen molar-refractivity contribution in [1.29, 1.82) is 0 Å². The highest BCUT2D eigenvalue weighted by Crippen LogP contribution is 2.35. The maximum absolute atomic E-state index is 12.2. The molecule has 5 heteroatoms. The first kappa shape index (κ1) is 10.8. The van der Waals surface area contributed by atoms with Crippen LogP contribution in [0.4, 0.5) is 13.2 Å². The van der Waals surface area contributed by atoms with Crippen LogP contribution in [0.5, 0.6) is 5.75 Å². The number of phenols is 1. The number of halogens is 3. The lowest BCUT2D eigenvalue weighted by Gasteiger charge is -2.17. The molecule has 0 aliphatic rings. The average molecular weight is 205 g/mol. The van der Waals surface area contributed by atoms with Crippen LogP contribution in [0.3, 0.4) is 0 Å². The summed E-state index contributed by atoms with van der Waals surface area (Å²) in [6.45, 7) is 1.63. The van der Waals surface area contributed by atoms with Crippen LogP contribution in [0, 0.1) is 6.92 Å². The van der Waals surface area contributed by atoms with Crippen molar-refractivity contribution in [3.05, 3.63) is 29.3 Å². The third-order valence-corrected chi connectivity index (χ3v) is 1.87. The van der Waals surface area contributed by atoms with Crippen LogP contribution in [0.2, 0.25) is 0 Å². The van der Waals surface area contributed by atoms with E-state index in [1.807, 2.05) is 0 Å². The third-order valence-electron chi connectivity index (χ3n) is 1.87. The molecule has 0 unspecified atom stereocenters. The van der Waals surface area contributed by atoms with Gasteiger partial charge in [-0.15, -0.1) is 0 Å². The summed E-state index contributed by atoms with van der Waals surface area (Å²) < 4.78 is 36.6. The molecule has 0 heterocycles. The lowest BCUT2D eigenvalue weighted by atomic mass is 10.0. The van der Waals surface area contributed by atoms with E-state index in [-0.39, 0.29) is 5.56 Å². The molecule has 3 N–H and O–H groups in total. The summed E-state index contributed by atoms with van der Waals surface area (Å²) in [6, 6.07) is 1.81. The SMILES string of the molecule is Cc1ccc(O)c([C@@H](N)C(F)(F)F)c1. The van der Waals surface area contributed by atoms with Crippen LogP contribution in [-0.4, -0.2) is 11.3 Å². The number of hydrogen-bond donors (Lipinski definition) is 2. The van der Waals surface area contributed by atoms with Crippen LogP contribution >= 0.6 is 0 Å². The normalized spacial score (nSPS) is 14.1. The lowest BCUT2D eigenvalue weighted by molar-refractivity contribution is -0.149. The van der Waals surface area contributed by atoms with E-state index in [4.69, 9.17) is 5.73 Å². The molecule has 0 saturated heterocycles. The molecule has 0 bridgehead atoms. The van der Waals surface area contributed by atoms with Crippen molar-refractivity contribution in [2.75, 3.05) is 0 Å². The third kappa shape index (κ3) is 2.17. The molecule has 0 aliphatic heterocycles. The Labute approximate surface area is 79.2 Å². The maximum atomic E-state index is 12.2. The van der Waals surface area contributed by atoms with E-state index in [2.05, 4.69) is 0 Å². The van der Waals surface area contributed by atoms with Crippen molar-refractivity contribution in [2.45, 2.75) is 19.1 Å². The summed E-state index contributed by atoms with van der Waals surface area (Å²) in [5, 5.41) is 9.19. The van der Waals surface area contributed by atoms with Gasteiger partial charge in [0.1, 0.15) is 11.8 Å². The van der Waals surface area contributed by atoms with E-state index in [1.165, 1.54) is 18.2 Å². The molecule has 1 aromatic carbocycles. The molecule has 2 nitrogen and oxygen atoms in total. The van der Waals surface area contributed by atoms with Crippen LogP contribution < -0.4 is 5.73 Å². The molecule has 0 aliphatic carbocycles. The molecule has 0 spiro atoms. The number of alkyl halides is 3. The van der Waals surface area contributed by atoms with Crippen LogP contribution in [0.1, 0.15) is 17.2 Å². The molecule has 1 rings (SSSR count). The Morgan fingerprint density at radius 2 is 1.93 bits per heavy atom. The Balaban J connectivity index is 3.12. The van der Waals surface area contributed by atoms with Crippen molar-refractivity contribution in [3.63, 3.8) is 0 Å². The molecule has 0 saturated carbocycles. The molecule has 78 valence electrons. The Morgan fingerprint density at radius 3 is 2.43 bits per heavy atom. The second-order valence-electron chi connectivity index (χ2n) is 3.08. The monoisotopic (exact) mass is 205 g/mol. The smallest absolute Gasteiger partial charge is 0.407 e. The van der Waals surface area contributed by atoms with E-state index in [0.29, 0.717) is 5.56 Å². The van der Waals surface area contributed by atoms with Gasteiger partial charge in [0, 0.05) is 5.56 Å². The molecule has 0 radical (unpaired) electrons. The first-order chi connectivity index (χ1) is 6.32. The van der Waals surface area contributed by atoms with Gasteiger partial charge in [-0.1, -0.05) is 17.7 Å². The summed E-state index contributed by atoms with van der Waals surface area (Å²) >= 11 is 0. The van der Waals surface area contributed by atoms with Crippen molar-refractivity contribution in [1.82, 2.24) is 0 Å². The minimum absolute atomic E-state index is 0.294. The number of aryl methyl sites for hydroxylation is 1. The van der Waals surface area contributed by atoms with Crippen molar-refractivity contribution in [2.24, 2.45) is 5.73 Å². The van der Waals surface area contributed by atoms with Crippen molar-refractivity contribution < 1.29 is 18.3 Å². The lowest BCUT2D eigenvalue weighted by Crippen LogP contribution is -2.28. The van der Waals surface area contributed by atoms with Crippen LogP contribution in [0.15, 0.2) is 18.2 Å². The quantitative estimate of drug-likeness (QED) is 0.738. The molecule has 0 aromatic heterocycles. The van der Waals surface area contributed by atoms with Gasteiger partial charge in [-0.2, -0.15) is 13.2 Å². The van der Waals surface area contributed by atoms with Gasteiger partial charge < -0.3 is 10.8 Å². The molecule has 1 atom stereocenters. The second kappa shape index (κ2) is 3.49. The van der Waals surface area contributed by atoms with Crippen LogP contribution in [0.25, 0.3) is 0 Å². The van der Waals surface area contributed by atoms with Gasteiger partial charge in [0.2, 0.25) is 0 Å². The fourth-order valence-corrected chi connectivity index (χ4v) is 1.10. The molecular weight excluding hydrogens is 195 g/mol. The Hall–Kier alpha value is -1.23. The van der Waals surface area contributed by atoms with Gasteiger partial charge in [0.25, 0.3) is 0 Å². The largest absolute Gasteiger partial charge is 0.508 e. The van der Waals surface area contributed by atoms with Gasteiger partial charge in [0.15, 0.2) is 0 Å². The van der Waals surface area contributed by atoms with Gasteiger partial charge in [-0.25, -0.2) is 0 Å². The summed E-state index contributed by atoms with van der Waals surface area (Å²) in [5.74, 6) is -0.430. The number of hydrogen-bond acceptors (Lipinski definition) is 2. The zero-order valence-electron chi connectivity index (χ0n) is 7.47. The standard InChI is InChI=1S/C9H10F3NO/c1-5-2-3-7(14)6(4-5)8(13)9(10,11)12/h2-4,8,14H,13H2,1H3/t8-/m1/s1. The van der Waals surface area contributed by atoms with Gasteiger partial charge in [-0.05, 0) is 13.0 Å². The fraction of sp³-hybridized carbons (Fsp3) is 0.333. The number of rotatable bonds is 1. The van der Waals surface area contributed by atoms with E-state index in [1.54, 1.807) is 6.92 Å². The maximum Gasteiger partial charge on any atom is 0.407 e. The Kier molecular flexibility index (Phi) is 2.71. The van der Waals surface area contributed by atoms with E-state index in [0.717, 1.165) is 0 Å². The van der Waals surface area contributed by atoms with E-state index >= 15 is 0 Å². The van der Waals surface area contributed by atoms with E-state index < -0.39 is 18.0 Å². The number of phenolic OH excluding ortho intramolecular Hbond substituents is 1. The van der Waals surface area contributed by atoms with E-state index in [9.17, 15) is 18.3 Å². The molecule has 0 amide bonds. The zero-order valence-corrected chi connectivity index (χ0v) is 7.47. The highest BCUT2D eigenvalue weighted by atomic mass is 19.4. The Morgan fingerprint density at radius 1 is 1.36 bits per heavy atom. The van der Waals surface area contributed by atoms with Gasteiger partial charge >= 0.3 is 6.18 Å². The minimum atomic E-state index is -4.54. The molecule has 0 fully saturated rings. The highest BCUT2D eigenvalue weighted by molar-refractivity contribution is 5.38. The van der Waals surface area contributed by atoms with Crippen molar-refractivity contribution >= 4 is 0 Å². The number of nitrogens with two attached hydrogens (primary N) is 1. The first-order valence-electron chi connectivity index (χ1n) is 3.94. The predicted octanol–water partition coefficient (Wildman–Crippen LogP) is 2.26. The van der Waals surface area contributed by atoms with Gasteiger partial charge in [0.05, 0.1) is 0 Å². The predicted molar refractivity (Wildman–Crippen MR) is 45.8 cm³/mol. The average Bonchev–Trinajstić information content (AvgIpc) is 2.06. The van der Waals surface area contributed by atoms with Gasteiger partial charge in [-0.3, -0.25) is 0 Å². The molecular formula is C9H10F3NO. The topological polar surface area (TPSA) is 46.2 Å². The number of aromatic hydroxyl groups is 1. The zero-order chi connectivity index (χ0) is 10.9.